The second kappa shape index (κ2) is 4.82. The van der Waals surface area contributed by atoms with Crippen LogP contribution in [0.25, 0.3) is 0 Å². The van der Waals surface area contributed by atoms with E-state index >= 15 is 0 Å². The molecule has 0 radical (unpaired) electrons. The predicted octanol–water partition coefficient (Wildman–Crippen LogP) is -0.314. The van der Waals surface area contributed by atoms with Crippen LogP contribution in [0.5, 0.6) is 0 Å². The van der Waals surface area contributed by atoms with Crippen molar-refractivity contribution in [2.75, 3.05) is 6.54 Å². The molecule has 1 aliphatic heterocycles. The minimum Gasteiger partial charge on any atom is -0.387 e. The van der Waals surface area contributed by atoms with Gasteiger partial charge in [-0.1, -0.05) is 0 Å². The van der Waals surface area contributed by atoms with Crippen LogP contribution in [0.3, 0.4) is 0 Å². The molecule has 18 heavy (non-hydrogen) atoms. The van der Waals surface area contributed by atoms with Crippen LogP contribution in [0.4, 0.5) is 4.79 Å². The lowest BCUT2D eigenvalue weighted by Crippen LogP contribution is -2.57. The van der Waals surface area contributed by atoms with Crippen LogP contribution in [0, 0.1) is 11.3 Å². The smallest absolute Gasteiger partial charge is 0.324 e. The molecule has 94 valence electrons. The topological polar surface area (TPSA) is 112 Å². The summed E-state index contributed by atoms with van der Waals surface area (Å²) in [7, 11) is 0. The maximum Gasteiger partial charge on any atom is 0.324 e. The van der Waals surface area contributed by atoms with Gasteiger partial charge >= 0.3 is 6.03 Å². The Hall–Kier alpha value is -2.44. The highest BCUT2D eigenvalue weighted by atomic mass is 16.2. The van der Waals surface area contributed by atoms with Gasteiger partial charge in [-0.2, -0.15) is 0 Å². The van der Waals surface area contributed by atoms with E-state index in [9.17, 15) is 9.59 Å². The van der Waals surface area contributed by atoms with Crippen molar-refractivity contribution in [2.24, 2.45) is 11.7 Å². The summed E-state index contributed by atoms with van der Waals surface area (Å²) in [6.45, 7) is 0.480. The second-order valence-electron chi connectivity index (χ2n) is 4.04. The van der Waals surface area contributed by atoms with E-state index in [1.807, 2.05) is 0 Å². The molecule has 0 unspecified atom stereocenters. The van der Waals surface area contributed by atoms with Crippen LogP contribution in [0.2, 0.25) is 0 Å². The summed E-state index contributed by atoms with van der Waals surface area (Å²) in [5.74, 6) is -1.53. The molecule has 2 heterocycles. The van der Waals surface area contributed by atoms with Crippen molar-refractivity contribution in [3.05, 3.63) is 30.1 Å². The van der Waals surface area contributed by atoms with Gasteiger partial charge in [0.1, 0.15) is 11.8 Å². The Kier molecular flexibility index (Phi) is 3.22. The molecule has 1 fully saturated rings. The maximum absolute atomic E-state index is 11.6. The molecule has 0 spiro atoms. The number of hydrogen-bond donors (Lipinski definition) is 3. The van der Waals surface area contributed by atoms with Gasteiger partial charge in [0.2, 0.25) is 5.91 Å². The largest absolute Gasteiger partial charge is 0.387 e. The van der Waals surface area contributed by atoms with Crippen LogP contribution in [-0.4, -0.2) is 34.2 Å². The summed E-state index contributed by atoms with van der Waals surface area (Å²) < 4.78 is 0. The van der Waals surface area contributed by atoms with E-state index in [0.717, 1.165) is 5.56 Å². The quantitative estimate of drug-likeness (QED) is 0.502. The van der Waals surface area contributed by atoms with Crippen LogP contribution in [0.1, 0.15) is 5.56 Å². The number of amidine groups is 1. The normalized spacial score (nSPS) is 19.6. The third-order valence-electron chi connectivity index (χ3n) is 2.74. The van der Waals surface area contributed by atoms with E-state index in [1.165, 1.54) is 4.90 Å². The van der Waals surface area contributed by atoms with Gasteiger partial charge in [-0.3, -0.25) is 20.5 Å². The molecule has 1 aromatic rings. The maximum atomic E-state index is 11.6. The minimum atomic E-state index is -0.774. The van der Waals surface area contributed by atoms with Gasteiger partial charge in [-0.05, 0) is 17.7 Å². The van der Waals surface area contributed by atoms with Crippen molar-refractivity contribution in [3.63, 3.8) is 0 Å². The van der Waals surface area contributed by atoms with Gasteiger partial charge in [0.25, 0.3) is 0 Å². The summed E-state index contributed by atoms with van der Waals surface area (Å²) in [6.07, 6.45) is 3.26. The van der Waals surface area contributed by atoms with Crippen molar-refractivity contribution >= 4 is 17.8 Å². The summed E-state index contributed by atoms with van der Waals surface area (Å²) in [5, 5.41) is 9.52. The summed E-state index contributed by atoms with van der Waals surface area (Å²) >= 11 is 0. The van der Waals surface area contributed by atoms with Gasteiger partial charge in [-0.25, -0.2) is 4.79 Å². The van der Waals surface area contributed by atoms with Crippen LogP contribution < -0.4 is 11.1 Å². The van der Waals surface area contributed by atoms with E-state index in [4.69, 9.17) is 11.1 Å². The first-order chi connectivity index (χ1) is 8.58. The highest BCUT2D eigenvalue weighted by Crippen LogP contribution is 2.12. The summed E-state index contributed by atoms with van der Waals surface area (Å²) in [4.78, 5) is 28.4. The van der Waals surface area contributed by atoms with Gasteiger partial charge < -0.3 is 10.6 Å². The second-order valence-corrected chi connectivity index (χ2v) is 4.04. The van der Waals surface area contributed by atoms with Gasteiger partial charge in [-0.15, -0.1) is 0 Å². The van der Waals surface area contributed by atoms with Crippen molar-refractivity contribution in [1.82, 2.24) is 15.2 Å². The number of rotatable bonds is 3. The first kappa shape index (κ1) is 12.0. The number of aromatic nitrogens is 1. The van der Waals surface area contributed by atoms with E-state index in [1.54, 1.807) is 24.5 Å². The van der Waals surface area contributed by atoms with E-state index < -0.39 is 17.9 Å². The standard InChI is InChI=1S/C11H13N5O2/c12-9(13)8-6-16(11(18)15-10(8)17)5-7-1-3-14-4-2-7/h1-4,8H,5-6H2,(H3,12,13)(H,15,17,18)/t8-/m0/s1. The lowest BCUT2D eigenvalue weighted by Gasteiger charge is -2.31. The fraction of sp³-hybridized carbons (Fsp3) is 0.273. The van der Waals surface area contributed by atoms with Gasteiger partial charge in [0.05, 0.1) is 0 Å². The molecule has 0 aromatic carbocycles. The molecule has 3 amide bonds. The Bertz CT molecular complexity index is 487. The molecule has 1 aliphatic rings. The zero-order valence-corrected chi connectivity index (χ0v) is 9.59. The number of nitrogens with one attached hydrogen (secondary N) is 2. The molecule has 0 bridgehead atoms. The molecular weight excluding hydrogens is 234 g/mol. The molecule has 1 atom stereocenters. The first-order valence-electron chi connectivity index (χ1n) is 5.40. The van der Waals surface area contributed by atoms with Crippen molar-refractivity contribution < 1.29 is 9.59 Å². The summed E-state index contributed by atoms with van der Waals surface area (Å²) in [5.41, 5.74) is 6.23. The Morgan fingerprint density at radius 3 is 2.78 bits per heavy atom. The fourth-order valence-electron chi connectivity index (χ4n) is 1.74. The molecule has 4 N–H and O–H groups in total. The number of pyridine rings is 1. The lowest BCUT2D eigenvalue weighted by atomic mass is 10.0. The number of urea groups is 1. The molecule has 7 nitrogen and oxygen atoms in total. The van der Waals surface area contributed by atoms with Crippen LogP contribution >= 0.6 is 0 Å². The number of hydrogen-bond acceptors (Lipinski definition) is 4. The molecule has 0 saturated carbocycles. The summed E-state index contributed by atoms with van der Waals surface area (Å²) in [6, 6.07) is 3.10. The number of carbonyl (C=O) groups excluding carboxylic acids is 2. The first-order valence-corrected chi connectivity index (χ1v) is 5.40. The molecule has 2 rings (SSSR count). The Labute approximate surface area is 103 Å². The molecule has 0 aliphatic carbocycles. The van der Waals surface area contributed by atoms with Crippen molar-refractivity contribution in [3.8, 4) is 0 Å². The third kappa shape index (κ3) is 2.45. The van der Waals surface area contributed by atoms with Gasteiger partial charge in [0, 0.05) is 25.5 Å². The molecule has 7 heteroatoms. The zero-order chi connectivity index (χ0) is 13.1. The fourth-order valence-corrected chi connectivity index (χ4v) is 1.74. The number of imide groups is 1. The average Bonchev–Trinajstić information content (AvgIpc) is 2.33. The lowest BCUT2D eigenvalue weighted by molar-refractivity contribution is -0.123. The zero-order valence-electron chi connectivity index (χ0n) is 9.59. The minimum absolute atomic E-state index is 0.127. The van der Waals surface area contributed by atoms with Crippen molar-refractivity contribution in [2.45, 2.75) is 6.54 Å². The molecular formula is C11H13N5O2. The monoisotopic (exact) mass is 247 g/mol. The highest BCUT2D eigenvalue weighted by molar-refractivity contribution is 6.08. The van der Waals surface area contributed by atoms with Crippen molar-refractivity contribution in [1.29, 1.82) is 5.41 Å². The molecule has 1 saturated heterocycles. The van der Waals surface area contributed by atoms with E-state index in [-0.39, 0.29) is 12.4 Å². The van der Waals surface area contributed by atoms with Gasteiger partial charge in [0.15, 0.2) is 0 Å². The van der Waals surface area contributed by atoms with Crippen LogP contribution in [-0.2, 0) is 11.3 Å². The Morgan fingerprint density at radius 2 is 2.17 bits per heavy atom. The predicted molar refractivity (Wildman–Crippen MR) is 63.6 cm³/mol. The Balaban J connectivity index is 2.10. The SMILES string of the molecule is N=C(N)[C@@H]1CN(Cc2ccncc2)C(=O)NC1=O. The highest BCUT2D eigenvalue weighted by Gasteiger charge is 2.33. The van der Waals surface area contributed by atoms with E-state index in [2.05, 4.69) is 10.3 Å². The number of carbonyl (C=O) groups is 2. The number of amides is 3. The Morgan fingerprint density at radius 1 is 1.50 bits per heavy atom. The third-order valence-corrected chi connectivity index (χ3v) is 2.74. The molecule has 1 aromatic heterocycles. The number of nitrogens with two attached hydrogens (primary N) is 1. The van der Waals surface area contributed by atoms with E-state index in [0.29, 0.717) is 6.54 Å². The average molecular weight is 247 g/mol. The van der Waals surface area contributed by atoms with Crippen LogP contribution in [0.15, 0.2) is 24.5 Å². The number of nitrogens with zero attached hydrogens (tertiary/aromatic N) is 2.